The van der Waals surface area contributed by atoms with E-state index in [0.29, 0.717) is 0 Å². The molecular weight excluding hydrogens is 146 g/mol. The molecule has 1 heteroatoms. The highest BCUT2D eigenvalue weighted by Gasteiger charge is 2.23. The van der Waals surface area contributed by atoms with Gasteiger partial charge in [-0.2, -0.15) is 0 Å². The molecule has 0 aromatic rings. The lowest BCUT2D eigenvalue weighted by Crippen LogP contribution is -2.48. The lowest BCUT2D eigenvalue weighted by Gasteiger charge is -2.37. The molecule has 0 N–H and O–H groups in total. The van der Waals surface area contributed by atoms with Crippen molar-refractivity contribution in [2.24, 2.45) is 0 Å². The first-order valence-corrected chi connectivity index (χ1v) is 5.21. The smallest absolute Gasteiger partial charge is 0.0787 e. The van der Waals surface area contributed by atoms with Gasteiger partial charge < -0.3 is 4.48 Å². The molecule has 0 unspecified atom stereocenters. The zero-order valence-electron chi connectivity index (χ0n) is 8.39. The molecule has 0 atom stereocenters. The summed E-state index contributed by atoms with van der Waals surface area (Å²) in [5.74, 6) is 0. The van der Waals surface area contributed by atoms with E-state index in [2.05, 4.69) is 13.6 Å². The van der Waals surface area contributed by atoms with Crippen LogP contribution in [-0.2, 0) is 0 Å². The van der Waals surface area contributed by atoms with Crippen molar-refractivity contribution in [1.82, 2.24) is 0 Å². The molecule has 0 aromatic heterocycles. The standard InChI is InChI=1S/C11H22N/c1-3-4-6-9-12(2)10-7-5-8-11-12/h3H,1,4-11H2,2H3/q+1. The monoisotopic (exact) mass is 168 g/mol. The average molecular weight is 168 g/mol. The zero-order chi connectivity index (χ0) is 8.86. The number of quaternary nitrogens is 1. The Morgan fingerprint density at radius 2 is 1.92 bits per heavy atom. The van der Waals surface area contributed by atoms with Crippen molar-refractivity contribution in [3.63, 3.8) is 0 Å². The quantitative estimate of drug-likeness (QED) is 0.344. The molecule has 0 amide bonds. The largest absolute Gasteiger partial charge is 0.326 e. The minimum Gasteiger partial charge on any atom is -0.326 e. The summed E-state index contributed by atoms with van der Waals surface area (Å²) in [5.41, 5.74) is 0. The minimum absolute atomic E-state index is 1.19. The zero-order valence-corrected chi connectivity index (χ0v) is 8.39. The lowest BCUT2D eigenvalue weighted by molar-refractivity contribution is -0.914. The van der Waals surface area contributed by atoms with Crippen LogP contribution in [0.4, 0.5) is 0 Å². The molecule has 0 bridgehead atoms. The van der Waals surface area contributed by atoms with Crippen molar-refractivity contribution in [1.29, 1.82) is 0 Å². The number of allylic oxidation sites excluding steroid dienone is 1. The van der Waals surface area contributed by atoms with Crippen LogP contribution in [0.5, 0.6) is 0 Å². The minimum atomic E-state index is 1.19. The van der Waals surface area contributed by atoms with Crippen LogP contribution in [-0.4, -0.2) is 31.2 Å². The van der Waals surface area contributed by atoms with Gasteiger partial charge in [-0.3, -0.25) is 0 Å². The van der Waals surface area contributed by atoms with Crippen LogP contribution in [0.1, 0.15) is 32.1 Å². The second kappa shape index (κ2) is 4.66. The van der Waals surface area contributed by atoms with E-state index in [9.17, 15) is 0 Å². The Kier molecular flexibility index (Phi) is 3.80. The molecular formula is C11H22N+. The summed E-state index contributed by atoms with van der Waals surface area (Å²) >= 11 is 0. The highest BCUT2D eigenvalue weighted by molar-refractivity contribution is 4.65. The average Bonchev–Trinajstić information content (AvgIpc) is 2.06. The number of unbranched alkanes of at least 4 members (excludes halogenated alkanes) is 1. The summed E-state index contributed by atoms with van der Waals surface area (Å²) < 4.78 is 1.31. The van der Waals surface area contributed by atoms with Crippen LogP contribution in [0.2, 0.25) is 0 Å². The molecule has 1 fully saturated rings. The van der Waals surface area contributed by atoms with Crippen LogP contribution < -0.4 is 0 Å². The van der Waals surface area contributed by atoms with E-state index >= 15 is 0 Å². The second-order valence-corrected chi connectivity index (χ2v) is 4.28. The highest BCUT2D eigenvalue weighted by Crippen LogP contribution is 2.16. The maximum absolute atomic E-state index is 3.76. The summed E-state index contributed by atoms with van der Waals surface area (Å²) in [6.07, 6.45) is 8.87. The highest BCUT2D eigenvalue weighted by atomic mass is 15.3. The van der Waals surface area contributed by atoms with Crippen LogP contribution >= 0.6 is 0 Å². The molecule has 0 aromatic carbocycles. The van der Waals surface area contributed by atoms with E-state index < -0.39 is 0 Å². The van der Waals surface area contributed by atoms with Gasteiger partial charge in [0, 0.05) is 0 Å². The Balaban J connectivity index is 2.21. The number of rotatable bonds is 4. The second-order valence-electron chi connectivity index (χ2n) is 4.28. The summed E-state index contributed by atoms with van der Waals surface area (Å²) in [5, 5.41) is 0. The molecule has 1 rings (SSSR count). The Hall–Kier alpha value is -0.300. The van der Waals surface area contributed by atoms with Gasteiger partial charge in [0.1, 0.15) is 0 Å². The first kappa shape index (κ1) is 9.79. The van der Waals surface area contributed by atoms with E-state index in [4.69, 9.17) is 0 Å². The van der Waals surface area contributed by atoms with Crippen LogP contribution in [0, 0.1) is 0 Å². The van der Waals surface area contributed by atoms with Crippen LogP contribution in [0.15, 0.2) is 12.7 Å². The number of likely N-dealkylation sites (tertiary alicyclic amines) is 1. The van der Waals surface area contributed by atoms with E-state index in [1.54, 1.807) is 0 Å². The van der Waals surface area contributed by atoms with Crippen molar-refractivity contribution in [3.05, 3.63) is 12.7 Å². The van der Waals surface area contributed by atoms with Gasteiger partial charge in [-0.15, -0.1) is 6.58 Å². The Labute approximate surface area is 76.7 Å². The van der Waals surface area contributed by atoms with Crippen LogP contribution in [0.25, 0.3) is 0 Å². The summed E-state index contributed by atoms with van der Waals surface area (Å²) in [6, 6.07) is 0. The first-order chi connectivity index (χ1) is 5.77. The SMILES string of the molecule is C=CCCC[N+]1(C)CCCCC1. The normalized spacial score (nSPS) is 22.1. The summed E-state index contributed by atoms with van der Waals surface area (Å²) in [7, 11) is 2.41. The molecule has 1 aliphatic heterocycles. The molecule has 0 spiro atoms. The predicted molar refractivity (Wildman–Crippen MR) is 54.1 cm³/mol. The third-order valence-corrected chi connectivity index (χ3v) is 3.00. The maximum Gasteiger partial charge on any atom is 0.0787 e. The molecule has 1 nitrogen and oxygen atoms in total. The summed E-state index contributed by atoms with van der Waals surface area (Å²) in [6.45, 7) is 7.91. The fraction of sp³-hybridized carbons (Fsp3) is 0.818. The van der Waals surface area contributed by atoms with E-state index in [1.807, 2.05) is 6.08 Å². The van der Waals surface area contributed by atoms with E-state index in [-0.39, 0.29) is 0 Å². The fourth-order valence-corrected chi connectivity index (χ4v) is 2.12. The number of hydrogen-bond donors (Lipinski definition) is 0. The molecule has 70 valence electrons. The molecule has 1 saturated heterocycles. The van der Waals surface area contributed by atoms with Crippen molar-refractivity contribution >= 4 is 0 Å². The molecule has 1 heterocycles. The van der Waals surface area contributed by atoms with Gasteiger partial charge >= 0.3 is 0 Å². The maximum atomic E-state index is 3.76. The van der Waals surface area contributed by atoms with Gasteiger partial charge in [0.25, 0.3) is 0 Å². The van der Waals surface area contributed by atoms with E-state index in [1.165, 1.54) is 56.2 Å². The molecule has 0 aliphatic carbocycles. The van der Waals surface area contributed by atoms with Gasteiger partial charge in [-0.1, -0.05) is 6.08 Å². The van der Waals surface area contributed by atoms with Crippen molar-refractivity contribution in [3.8, 4) is 0 Å². The lowest BCUT2D eigenvalue weighted by atomic mass is 10.1. The number of hydrogen-bond acceptors (Lipinski definition) is 0. The third-order valence-electron chi connectivity index (χ3n) is 3.00. The van der Waals surface area contributed by atoms with Crippen LogP contribution in [0.3, 0.4) is 0 Å². The molecule has 12 heavy (non-hydrogen) atoms. The first-order valence-electron chi connectivity index (χ1n) is 5.21. The molecule has 0 saturated carbocycles. The predicted octanol–water partition coefficient (Wildman–Crippen LogP) is 2.58. The third kappa shape index (κ3) is 2.98. The van der Waals surface area contributed by atoms with Crippen molar-refractivity contribution in [2.75, 3.05) is 26.7 Å². The van der Waals surface area contributed by atoms with E-state index in [0.717, 1.165) is 0 Å². The Bertz CT molecular complexity index is 134. The number of piperidine rings is 1. The van der Waals surface area contributed by atoms with Crippen molar-refractivity contribution in [2.45, 2.75) is 32.1 Å². The van der Waals surface area contributed by atoms with Gasteiger partial charge in [0.05, 0.1) is 26.7 Å². The van der Waals surface area contributed by atoms with Gasteiger partial charge in [0.2, 0.25) is 0 Å². The Morgan fingerprint density at radius 3 is 2.50 bits per heavy atom. The van der Waals surface area contributed by atoms with Gasteiger partial charge in [-0.25, -0.2) is 0 Å². The van der Waals surface area contributed by atoms with Gasteiger partial charge in [0.15, 0.2) is 0 Å². The number of nitrogens with zero attached hydrogens (tertiary/aromatic N) is 1. The van der Waals surface area contributed by atoms with Gasteiger partial charge in [-0.05, 0) is 32.1 Å². The van der Waals surface area contributed by atoms with Crippen molar-refractivity contribution < 1.29 is 4.48 Å². The Morgan fingerprint density at radius 1 is 1.25 bits per heavy atom. The molecule has 0 radical (unpaired) electrons. The summed E-state index contributed by atoms with van der Waals surface area (Å²) in [4.78, 5) is 0. The molecule has 1 aliphatic rings. The fourth-order valence-electron chi connectivity index (χ4n) is 2.12. The topological polar surface area (TPSA) is 0 Å².